The van der Waals surface area contributed by atoms with Gasteiger partial charge in [-0.25, -0.2) is 4.98 Å². The molecule has 0 fully saturated rings. The predicted molar refractivity (Wildman–Crippen MR) is 75.8 cm³/mol. The van der Waals surface area contributed by atoms with Crippen molar-refractivity contribution < 1.29 is 4.79 Å². The normalized spacial score (nSPS) is 10.2. The highest BCUT2D eigenvalue weighted by Crippen LogP contribution is 2.19. The molecule has 0 aliphatic rings. The Labute approximate surface area is 114 Å². The third-order valence-corrected chi connectivity index (χ3v) is 3.31. The molecule has 1 aromatic heterocycles. The largest absolute Gasteiger partial charge is 0.322 e. The van der Waals surface area contributed by atoms with Crippen LogP contribution in [0.5, 0.6) is 0 Å². The molecule has 1 N–H and O–H groups in total. The fourth-order valence-electron chi connectivity index (χ4n) is 1.59. The topological polar surface area (TPSA) is 42.0 Å². The molecule has 4 heteroatoms. The molecule has 0 spiro atoms. The first-order chi connectivity index (χ1) is 8.58. The Hall–Kier alpha value is -1.68. The van der Waals surface area contributed by atoms with Gasteiger partial charge in [0.2, 0.25) is 0 Å². The van der Waals surface area contributed by atoms with Gasteiger partial charge < -0.3 is 5.32 Å². The maximum Gasteiger partial charge on any atom is 0.257 e. The summed E-state index contributed by atoms with van der Waals surface area (Å²) in [6.07, 6.45) is 1.55. The number of halogens is 1. The highest BCUT2D eigenvalue weighted by molar-refractivity contribution is 9.10. The average Bonchev–Trinajstić information content (AvgIpc) is 2.36. The molecule has 0 radical (unpaired) electrons. The number of aryl methyl sites for hydroxylation is 1. The lowest BCUT2D eigenvalue weighted by Crippen LogP contribution is -2.13. The van der Waals surface area contributed by atoms with Crippen LogP contribution in [0.4, 0.5) is 5.69 Å². The molecule has 0 bridgehead atoms. The Morgan fingerprint density at radius 1 is 1.22 bits per heavy atom. The Morgan fingerprint density at radius 3 is 2.67 bits per heavy atom. The van der Waals surface area contributed by atoms with Crippen molar-refractivity contribution in [3.63, 3.8) is 0 Å². The second kappa shape index (κ2) is 5.31. The summed E-state index contributed by atoms with van der Waals surface area (Å²) in [5, 5.41) is 2.89. The quantitative estimate of drug-likeness (QED) is 0.859. The van der Waals surface area contributed by atoms with Crippen LogP contribution in [0.2, 0.25) is 0 Å². The van der Waals surface area contributed by atoms with Gasteiger partial charge in [0.15, 0.2) is 0 Å². The van der Waals surface area contributed by atoms with Crippen LogP contribution in [0.25, 0.3) is 0 Å². The summed E-state index contributed by atoms with van der Waals surface area (Å²) in [5.41, 5.74) is 3.61. The second-order valence-electron chi connectivity index (χ2n) is 4.07. The number of amides is 1. The van der Waals surface area contributed by atoms with E-state index in [0.29, 0.717) is 10.2 Å². The monoisotopic (exact) mass is 304 g/mol. The molecule has 1 heterocycles. The van der Waals surface area contributed by atoms with E-state index in [1.807, 2.05) is 32.0 Å². The van der Waals surface area contributed by atoms with Gasteiger partial charge in [-0.3, -0.25) is 4.79 Å². The van der Waals surface area contributed by atoms with Crippen LogP contribution < -0.4 is 5.32 Å². The number of nitrogens with zero attached hydrogens (tertiary/aromatic N) is 1. The molecule has 18 heavy (non-hydrogen) atoms. The maximum absolute atomic E-state index is 12.0. The van der Waals surface area contributed by atoms with Crippen LogP contribution in [-0.2, 0) is 0 Å². The minimum absolute atomic E-state index is 0.149. The van der Waals surface area contributed by atoms with Gasteiger partial charge in [0, 0.05) is 11.9 Å². The number of hydrogen-bond acceptors (Lipinski definition) is 2. The minimum atomic E-state index is -0.149. The van der Waals surface area contributed by atoms with Gasteiger partial charge in [-0.05, 0) is 59.1 Å². The fourth-order valence-corrected chi connectivity index (χ4v) is 1.83. The summed E-state index contributed by atoms with van der Waals surface area (Å²) >= 11 is 3.24. The lowest BCUT2D eigenvalue weighted by molar-refractivity contribution is 0.102. The van der Waals surface area contributed by atoms with Crippen LogP contribution in [-0.4, -0.2) is 10.9 Å². The van der Waals surface area contributed by atoms with E-state index in [0.717, 1.165) is 16.8 Å². The van der Waals surface area contributed by atoms with Crippen molar-refractivity contribution in [1.29, 1.82) is 0 Å². The number of carbonyl (C=O) groups is 1. The number of nitrogens with one attached hydrogen (secondary N) is 1. The van der Waals surface area contributed by atoms with Crippen LogP contribution in [0.15, 0.2) is 41.1 Å². The van der Waals surface area contributed by atoms with Gasteiger partial charge in [-0.15, -0.1) is 0 Å². The fraction of sp³-hybridized carbons (Fsp3) is 0.143. The minimum Gasteiger partial charge on any atom is -0.322 e. The van der Waals surface area contributed by atoms with Crippen molar-refractivity contribution in [2.45, 2.75) is 13.8 Å². The molecule has 1 amide bonds. The highest BCUT2D eigenvalue weighted by Gasteiger charge is 2.08. The average molecular weight is 305 g/mol. The second-order valence-corrected chi connectivity index (χ2v) is 4.88. The lowest BCUT2D eigenvalue weighted by Gasteiger charge is -2.10. The number of anilines is 1. The van der Waals surface area contributed by atoms with Crippen LogP contribution in [0.1, 0.15) is 21.5 Å². The van der Waals surface area contributed by atoms with Crippen molar-refractivity contribution in [2.75, 3.05) is 5.32 Å². The van der Waals surface area contributed by atoms with E-state index >= 15 is 0 Å². The number of pyridine rings is 1. The predicted octanol–water partition coefficient (Wildman–Crippen LogP) is 3.71. The zero-order chi connectivity index (χ0) is 13.1. The zero-order valence-electron chi connectivity index (χ0n) is 10.2. The summed E-state index contributed by atoms with van der Waals surface area (Å²) in [5.74, 6) is -0.149. The number of benzene rings is 1. The Morgan fingerprint density at radius 2 is 2.00 bits per heavy atom. The number of aromatic nitrogens is 1. The van der Waals surface area contributed by atoms with E-state index in [4.69, 9.17) is 0 Å². The van der Waals surface area contributed by atoms with Crippen LogP contribution in [0.3, 0.4) is 0 Å². The lowest BCUT2D eigenvalue weighted by atomic mass is 10.1. The van der Waals surface area contributed by atoms with E-state index in [-0.39, 0.29) is 5.91 Å². The first-order valence-electron chi connectivity index (χ1n) is 5.57. The summed E-state index contributed by atoms with van der Waals surface area (Å²) in [6.45, 7) is 4.01. The molecule has 2 rings (SSSR count). The van der Waals surface area contributed by atoms with E-state index in [2.05, 4.69) is 26.2 Å². The van der Waals surface area contributed by atoms with Gasteiger partial charge in [-0.2, -0.15) is 0 Å². The summed E-state index contributed by atoms with van der Waals surface area (Å²) < 4.78 is 0.714. The molecule has 0 saturated heterocycles. The van der Waals surface area contributed by atoms with Gasteiger partial charge in [0.25, 0.3) is 5.91 Å². The van der Waals surface area contributed by atoms with Crippen molar-refractivity contribution in [3.05, 3.63) is 57.8 Å². The van der Waals surface area contributed by atoms with Crippen molar-refractivity contribution in [1.82, 2.24) is 4.98 Å². The van der Waals surface area contributed by atoms with Crippen LogP contribution >= 0.6 is 15.9 Å². The first-order valence-corrected chi connectivity index (χ1v) is 6.36. The molecular weight excluding hydrogens is 292 g/mol. The molecule has 0 atom stereocenters. The summed E-state index contributed by atoms with van der Waals surface area (Å²) in [4.78, 5) is 16.1. The molecule has 92 valence electrons. The van der Waals surface area contributed by atoms with E-state index in [9.17, 15) is 4.79 Å². The number of rotatable bonds is 2. The van der Waals surface area contributed by atoms with E-state index in [1.54, 1.807) is 18.3 Å². The van der Waals surface area contributed by atoms with Gasteiger partial charge in [0.1, 0.15) is 4.60 Å². The smallest absolute Gasteiger partial charge is 0.257 e. The third-order valence-electron chi connectivity index (χ3n) is 2.84. The van der Waals surface area contributed by atoms with Crippen molar-refractivity contribution in [2.24, 2.45) is 0 Å². The van der Waals surface area contributed by atoms with Crippen LogP contribution in [0, 0.1) is 13.8 Å². The van der Waals surface area contributed by atoms with Gasteiger partial charge >= 0.3 is 0 Å². The van der Waals surface area contributed by atoms with Gasteiger partial charge in [-0.1, -0.05) is 12.1 Å². The number of hydrogen-bond donors (Lipinski definition) is 1. The Bertz CT molecular complexity index is 579. The van der Waals surface area contributed by atoms with E-state index < -0.39 is 0 Å². The zero-order valence-corrected chi connectivity index (χ0v) is 11.8. The van der Waals surface area contributed by atoms with Crippen molar-refractivity contribution in [3.8, 4) is 0 Å². The summed E-state index contributed by atoms with van der Waals surface area (Å²) in [7, 11) is 0. The third kappa shape index (κ3) is 2.76. The molecule has 2 aromatic rings. The standard InChI is InChI=1S/C14H13BrN2O/c1-9-4-3-5-12(10(9)2)17-14(18)11-6-7-13(15)16-8-11/h3-8H,1-2H3,(H,17,18). The molecule has 0 saturated carbocycles. The number of carbonyl (C=O) groups excluding carboxylic acids is 1. The Balaban J connectivity index is 2.21. The van der Waals surface area contributed by atoms with Gasteiger partial charge in [0.05, 0.1) is 5.56 Å². The molecule has 0 unspecified atom stereocenters. The maximum atomic E-state index is 12.0. The molecule has 0 aliphatic heterocycles. The first kappa shape index (κ1) is 12.8. The van der Waals surface area contributed by atoms with E-state index in [1.165, 1.54) is 0 Å². The molecule has 3 nitrogen and oxygen atoms in total. The highest BCUT2D eigenvalue weighted by atomic mass is 79.9. The molecule has 0 aliphatic carbocycles. The SMILES string of the molecule is Cc1cccc(NC(=O)c2ccc(Br)nc2)c1C. The van der Waals surface area contributed by atoms with Crippen molar-refractivity contribution >= 4 is 27.5 Å². The molecular formula is C14H13BrN2O. The summed E-state index contributed by atoms with van der Waals surface area (Å²) in [6, 6.07) is 9.33. The molecule has 1 aromatic carbocycles. The Kier molecular flexibility index (Phi) is 3.77.